The molecule has 0 spiro atoms. The van der Waals surface area contributed by atoms with E-state index in [-0.39, 0.29) is 30.3 Å². The third-order valence-electron chi connectivity index (χ3n) is 3.58. The Kier molecular flexibility index (Phi) is 8.02. The van der Waals surface area contributed by atoms with Crippen LogP contribution in [-0.4, -0.2) is 30.6 Å². The fourth-order valence-electron chi connectivity index (χ4n) is 2.32. The van der Waals surface area contributed by atoms with Crippen LogP contribution in [0.25, 0.3) is 0 Å². The Morgan fingerprint density at radius 2 is 1.87 bits per heavy atom. The van der Waals surface area contributed by atoms with Gasteiger partial charge in [-0.3, -0.25) is 9.59 Å². The SMILES string of the molecule is CCCC(N)C(=O)Nc1ccc(NC(=O)C2CCCO2)cc1.Cl. The maximum atomic E-state index is 11.9. The van der Waals surface area contributed by atoms with Crippen LogP contribution in [0.5, 0.6) is 0 Å². The van der Waals surface area contributed by atoms with Crippen LogP contribution in [0.1, 0.15) is 32.6 Å². The number of halogens is 1. The van der Waals surface area contributed by atoms with Crippen LogP contribution in [0.3, 0.4) is 0 Å². The summed E-state index contributed by atoms with van der Waals surface area (Å²) >= 11 is 0. The second-order valence-electron chi connectivity index (χ2n) is 5.45. The fourth-order valence-corrected chi connectivity index (χ4v) is 2.32. The molecule has 6 nitrogen and oxygen atoms in total. The van der Waals surface area contributed by atoms with E-state index in [4.69, 9.17) is 10.5 Å². The number of anilines is 2. The van der Waals surface area contributed by atoms with Gasteiger partial charge in [0, 0.05) is 18.0 Å². The van der Waals surface area contributed by atoms with Crippen molar-refractivity contribution >= 4 is 35.6 Å². The van der Waals surface area contributed by atoms with Crippen molar-refractivity contribution in [3.8, 4) is 0 Å². The Balaban J connectivity index is 0.00000264. The second kappa shape index (κ2) is 9.50. The molecule has 7 heteroatoms. The van der Waals surface area contributed by atoms with Crippen molar-refractivity contribution in [1.29, 1.82) is 0 Å². The summed E-state index contributed by atoms with van der Waals surface area (Å²) in [6, 6.07) is 6.47. The summed E-state index contributed by atoms with van der Waals surface area (Å²) in [5.41, 5.74) is 7.09. The smallest absolute Gasteiger partial charge is 0.253 e. The molecule has 0 radical (unpaired) electrons. The highest BCUT2D eigenvalue weighted by Crippen LogP contribution is 2.17. The minimum absolute atomic E-state index is 0. The van der Waals surface area contributed by atoms with Crippen LogP contribution in [-0.2, 0) is 14.3 Å². The maximum Gasteiger partial charge on any atom is 0.253 e. The molecule has 1 saturated heterocycles. The predicted molar refractivity (Wildman–Crippen MR) is 92.8 cm³/mol. The molecule has 2 amide bonds. The summed E-state index contributed by atoms with van der Waals surface area (Å²) in [6.45, 7) is 2.62. The first-order valence-electron chi connectivity index (χ1n) is 7.69. The van der Waals surface area contributed by atoms with E-state index in [0.717, 1.165) is 19.3 Å². The minimum Gasteiger partial charge on any atom is -0.368 e. The molecule has 23 heavy (non-hydrogen) atoms. The highest BCUT2D eigenvalue weighted by atomic mass is 35.5. The highest BCUT2D eigenvalue weighted by Gasteiger charge is 2.23. The Hall–Kier alpha value is -1.63. The number of carbonyl (C=O) groups excluding carboxylic acids is 2. The lowest BCUT2D eigenvalue weighted by Crippen LogP contribution is -2.35. The third-order valence-corrected chi connectivity index (χ3v) is 3.58. The van der Waals surface area contributed by atoms with Gasteiger partial charge in [-0.2, -0.15) is 0 Å². The van der Waals surface area contributed by atoms with E-state index in [9.17, 15) is 9.59 Å². The summed E-state index contributed by atoms with van der Waals surface area (Å²) < 4.78 is 5.33. The lowest BCUT2D eigenvalue weighted by atomic mass is 10.1. The fraction of sp³-hybridized carbons (Fsp3) is 0.500. The molecule has 0 saturated carbocycles. The van der Waals surface area contributed by atoms with E-state index in [2.05, 4.69) is 10.6 Å². The van der Waals surface area contributed by atoms with Crippen molar-refractivity contribution in [2.45, 2.75) is 44.8 Å². The molecule has 0 bridgehead atoms. The molecule has 4 N–H and O–H groups in total. The van der Waals surface area contributed by atoms with Gasteiger partial charge in [-0.15, -0.1) is 12.4 Å². The summed E-state index contributed by atoms with van der Waals surface area (Å²) in [5.74, 6) is -0.322. The summed E-state index contributed by atoms with van der Waals surface area (Å²) in [6.07, 6.45) is 2.84. The molecular formula is C16H24ClN3O3. The highest BCUT2D eigenvalue weighted by molar-refractivity contribution is 5.96. The number of hydrogen-bond acceptors (Lipinski definition) is 4. The van der Waals surface area contributed by atoms with E-state index >= 15 is 0 Å². The zero-order valence-electron chi connectivity index (χ0n) is 13.2. The normalized spacial score (nSPS) is 17.9. The van der Waals surface area contributed by atoms with Gasteiger partial charge >= 0.3 is 0 Å². The van der Waals surface area contributed by atoms with Gasteiger partial charge in [0.25, 0.3) is 5.91 Å². The van der Waals surface area contributed by atoms with Crippen LogP contribution in [0.4, 0.5) is 11.4 Å². The molecule has 2 rings (SSSR count). The van der Waals surface area contributed by atoms with Gasteiger partial charge in [0.15, 0.2) is 0 Å². The van der Waals surface area contributed by atoms with Gasteiger partial charge in [0.1, 0.15) is 6.10 Å². The number of nitrogens with two attached hydrogens (primary N) is 1. The number of carbonyl (C=O) groups is 2. The molecule has 0 aliphatic carbocycles. The zero-order chi connectivity index (χ0) is 15.9. The van der Waals surface area contributed by atoms with E-state index < -0.39 is 6.04 Å². The average molecular weight is 342 g/mol. The van der Waals surface area contributed by atoms with Crippen LogP contribution in [0.2, 0.25) is 0 Å². The molecule has 2 atom stereocenters. The van der Waals surface area contributed by atoms with E-state index in [1.165, 1.54) is 0 Å². The molecule has 1 aromatic carbocycles. The van der Waals surface area contributed by atoms with Gasteiger partial charge in [-0.25, -0.2) is 0 Å². The third kappa shape index (κ3) is 5.82. The molecule has 1 fully saturated rings. The van der Waals surface area contributed by atoms with Gasteiger partial charge < -0.3 is 21.1 Å². The largest absolute Gasteiger partial charge is 0.368 e. The zero-order valence-corrected chi connectivity index (χ0v) is 14.0. The predicted octanol–water partition coefficient (Wildman–Crippen LogP) is 2.29. The number of hydrogen-bond donors (Lipinski definition) is 3. The van der Waals surface area contributed by atoms with Crippen molar-refractivity contribution in [2.24, 2.45) is 5.73 Å². The number of amides is 2. The molecule has 128 valence electrons. The van der Waals surface area contributed by atoms with Crippen LogP contribution >= 0.6 is 12.4 Å². The Bertz CT molecular complexity index is 516. The first-order chi connectivity index (χ1) is 10.6. The number of nitrogens with one attached hydrogen (secondary N) is 2. The molecule has 1 aliphatic rings. The van der Waals surface area contributed by atoms with Gasteiger partial charge in [0.2, 0.25) is 5.91 Å². The lowest BCUT2D eigenvalue weighted by molar-refractivity contribution is -0.124. The second-order valence-corrected chi connectivity index (χ2v) is 5.45. The van der Waals surface area contributed by atoms with Crippen LogP contribution in [0.15, 0.2) is 24.3 Å². The van der Waals surface area contributed by atoms with Crippen molar-refractivity contribution in [1.82, 2.24) is 0 Å². The van der Waals surface area contributed by atoms with Crippen molar-refractivity contribution in [2.75, 3.05) is 17.2 Å². The maximum absolute atomic E-state index is 11.9. The number of benzene rings is 1. The average Bonchev–Trinajstić information content (AvgIpc) is 3.04. The van der Waals surface area contributed by atoms with Crippen LogP contribution < -0.4 is 16.4 Å². The van der Waals surface area contributed by atoms with E-state index in [1.54, 1.807) is 24.3 Å². The first-order valence-corrected chi connectivity index (χ1v) is 7.69. The molecule has 1 aliphatic heterocycles. The van der Waals surface area contributed by atoms with E-state index in [1.807, 2.05) is 6.92 Å². The Morgan fingerprint density at radius 1 is 1.26 bits per heavy atom. The van der Waals surface area contributed by atoms with Crippen LogP contribution in [0, 0.1) is 0 Å². The van der Waals surface area contributed by atoms with Crippen molar-refractivity contribution < 1.29 is 14.3 Å². The van der Waals surface area contributed by atoms with Gasteiger partial charge in [0.05, 0.1) is 6.04 Å². The molecule has 2 unspecified atom stereocenters. The number of rotatable bonds is 6. The Labute approximate surface area is 142 Å². The molecule has 0 aromatic heterocycles. The van der Waals surface area contributed by atoms with E-state index in [0.29, 0.717) is 24.4 Å². The van der Waals surface area contributed by atoms with Gasteiger partial charge in [-0.05, 0) is 43.5 Å². The lowest BCUT2D eigenvalue weighted by Gasteiger charge is -2.13. The number of ether oxygens (including phenoxy) is 1. The monoisotopic (exact) mass is 341 g/mol. The summed E-state index contributed by atoms with van der Waals surface area (Å²) in [5, 5.41) is 5.57. The minimum atomic E-state index is -0.496. The first kappa shape index (κ1) is 19.4. The summed E-state index contributed by atoms with van der Waals surface area (Å²) in [4.78, 5) is 23.7. The quantitative estimate of drug-likeness (QED) is 0.740. The van der Waals surface area contributed by atoms with Crippen molar-refractivity contribution in [3.05, 3.63) is 24.3 Å². The van der Waals surface area contributed by atoms with Crippen molar-refractivity contribution in [3.63, 3.8) is 0 Å². The standard InChI is InChI=1S/C16H23N3O3.ClH/c1-2-4-13(17)15(20)18-11-6-8-12(9-7-11)19-16(21)14-5-3-10-22-14;/h6-9,13-14H,2-5,10,17H2,1H3,(H,18,20)(H,19,21);1H. The topological polar surface area (TPSA) is 93.5 Å². The Morgan fingerprint density at radius 3 is 2.39 bits per heavy atom. The molecule has 1 aromatic rings. The van der Waals surface area contributed by atoms with Gasteiger partial charge in [-0.1, -0.05) is 13.3 Å². The summed E-state index contributed by atoms with van der Waals surface area (Å²) in [7, 11) is 0. The molecular weight excluding hydrogens is 318 g/mol. The molecule has 1 heterocycles.